The Morgan fingerprint density at radius 1 is 1.36 bits per heavy atom. The molecule has 1 aromatic heterocycles. The largest absolute Gasteiger partial charge is 0.352 e. The lowest BCUT2D eigenvalue weighted by Crippen LogP contribution is -2.34. The van der Waals surface area contributed by atoms with Crippen molar-refractivity contribution in [2.75, 3.05) is 17.6 Å². The normalized spacial score (nSPS) is 17.3. The molecule has 0 spiro atoms. The molecule has 1 aromatic carbocycles. The fraction of sp³-hybridized carbons (Fsp3) is 0.250. The molecule has 0 bridgehead atoms. The van der Waals surface area contributed by atoms with Crippen LogP contribution >= 0.6 is 11.8 Å². The summed E-state index contributed by atoms with van der Waals surface area (Å²) in [6.07, 6.45) is 1.99. The molecule has 0 saturated carbocycles. The number of nitrogens with zero attached hydrogens (tertiary/aromatic N) is 3. The molecule has 0 aliphatic carbocycles. The molecular formula is C16H16N4OS. The van der Waals surface area contributed by atoms with E-state index in [9.17, 15) is 4.79 Å². The van der Waals surface area contributed by atoms with Gasteiger partial charge in [0.05, 0.1) is 17.3 Å². The molecule has 1 N–H and O–H groups in total. The predicted molar refractivity (Wildman–Crippen MR) is 87.5 cm³/mol. The number of nitrogens with one attached hydrogen (secondary N) is 1. The van der Waals surface area contributed by atoms with Gasteiger partial charge in [-0.3, -0.25) is 0 Å². The summed E-state index contributed by atoms with van der Waals surface area (Å²) in [6.45, 7) is 0.725. The molecule has 1 atom stereocenters. The number of hydrogen-bond donors (Lipinski definition) is 1. The van der Waals surface area contributed by atoms with Crippen molar-refractivity contribution in [3.63, 3.8) is 0 Å². The first-order chi connectivity index (χ1) is 10.7. The molecule has 3 rings (SSSR count). The Balaban J connectivity index is 1.73. The third-order valence-electron chi connectivity index (χ3n) is 3.65. The van der Waals surface area contributed by atoms with Gasteiger partial charge in [-0.2, -0.15) is 5.26 Å². The molecule has 0 radical (unpaired) electrons. The van der Waals surface area contributed by atoms with E-state index in [2.05, 4.69) is 11.4 Å². The van der Waals surface area contributed by atoms with E-state index in [1.807, 2.05) is 34.8 Å². The lowest BCUT2D eigenvalue weighted by molar-refractivity contribution is 0.213. The van der Waals surface area contributed by atoms with E-state index in [0.717, 1.165) is 18.0 Å². The summed E-state index contributed by atoms with van der Waals surface area (Å²) in [5.74, 6) is 0.927. The van der Waals surface area contributed by atoms with E-state index in [0.29, 0.717) is 11.3 Å². The van der Waals surface area contributed by atoms with Crippen molar-refractivity contribution >= 4 is 23.5 Å². The van der Waals surface area contributed by atoms with Crippen molar-refractivity contribution in [3.05, 3.63) is 53.9 Å². The lowest BCUT2D eigenvalue weighted by atomic mass is 10.2. The van der Waals surface area contributed by atoms with Gasteiger partial charge >= 0.3 is 6.03 Å². The zero-order valence-electron chi connectivity index (χ0n) is 12.2. The van der Waals surface area contributed by atoms with Crippen LogP contribution in [0.2, 0.25) is 0 Å². The van der Waals surface area contributed by atoms with Crippen LogP contribution in [0.15, 0.2) is 42.6 Å². The molecular weight excluding hydrogens is 296 g/mol. The van der Waals surface area contributed by atoms with Gasteiger partial charge in [0.15, 0.2) is 0 Å². The van der Waals surface area contributed by atoms with Crippen LogP contribution in [-0.2, 0) is 7.05 Å². The van der Waals surface area contributed by atoms with Gasteiger partial charge in [-0.15, -0.1) is 11.8 Å². The fourth-order valence-corrected chi connectivity index (χ4v) is 3.80. The Hall–Kier alpha value is -2.39. The van der Waals surface area contributed by atoms with Gasteiger partial charge < -0.3 is 14.8 Å². The summed E-state index contributed by atoms with van der Waals surface area (Å²) in [6, 6.07) is 12.9. The summed E-state index contributed by atoms with van der Waals surface area (Å²) >= 11 is 1.77. The van der Waals surface area contributed by atoms with Crippen molar-refractivity contribution < 1.29 is 4.79 Å². The third-order valence-corrected chi connectivity index (χ3v) is 4.88. The number of amides is 2. The van der Waals surface area contributed by atoms with Gasteiger partial charge in [0.25, 0.3) is 0 Å². The number of urea groups is 1. The summed E-state index contributed by atoms with van der Waals surface area (Å²) in [5.41, 5.74) is 2.40. The van der Waals surface area contributed by atoms with E-state index >= 15 is 0 Å². The summed E-state index contributed by atoms with van der Waals surface area (Å²) in [5, 5.41) is 11.7. The first-order valence-corrected chi connectivity index (χ1v) is 8.04. The topological polar surface area (TPSA) is 61.1 Å². The number of thioether (sulfide) groups is 1. The van der Waals surface area contributed by atoms with Gasteiger partial charge in [0.1, 0.15) is 5.37 Å². The van der Waals surface area contributed by atoms with Gasteiger partial charge in [0, 0.05) is 31.2 Å². The number of carbonyl (C=O) groups is 1. The first kappa shape index (κ1) is 14.5. The first-order valence-electron chi connectivity index (χ1n) is 6.99. The molecule has 1 aliphatic rings. The summed E-state index contributed by atoms with van der Waals surface area (Å²) < 4.78 is 2.05. The van der Waals surface area contributed by atoms with Crippen molar-refractivity contribution in [1.29, 1.82) is 5.26 Å². The van der Waals surface area contributed by atoms with Crippen LogP contribution in [0, 0.1) is 11.3 Å². The van der Waals surface area contributed by atoms with Gasteiger partial charge in [-0.05, 0) is 36.4 Å². The number of hydrogen-bond acceptors (Lipinski definition) is 3. The second kappa shape index (κ2) is 6.16. The maximum absolute atomic E-state index is 12.5. The van der Waals surface area contributed by atoms with Crippen LogP contribution in [0.1, 0.15) is 16.6 Å². The highest BCUT2D eigenvalue weighted by molar-refractivity contribution is 7.99. The van der Waals surface area contributed by atoms with Crippen LogP contribution in [0.3, 0.4) is 0 Å². The Morgan fingerprint density at radius 2 is 2.14 bits per heavy atom. The van der Waals surface area contributed by atoms with Gasteiger partial charge in [-0.1, -0.05) is 0 Å². The molecule has 1 aliphatic heterocycles. The van der Waals surface area contributed by atoms with Gasteiger partial charge in [0.2, 0.25) is 0 Å². The number of benzene rings is 1. The van der Waals surface area contributed by atoms with Crippen LogP contribution < -0.4 is 5.32 Å². The number of rotatable bonds is 2. The zero-order chi connectivity index (χ0) is 15.5. The maximum Gasteiger partial charge on any atom is 0.323 e. The smallest absolute Gasteiger partial charge is 0.323 e. The molecule has 22 heavy (non-hydrogen) atoms. The highest BCUT2D eigenvalue weighted by Crippen LogP contribution is 2.38. The number of aryl methyl sites for hydroxylation is 1. The highest BCUT2D eigenvalue weighted by Gasteiger charge is 2.32. The van der Waals surface area contributed by atoms with Crippen molar-refractivity contribution in [1.82, 2.24) is 9.47 Å². The minimum absolute atomic E-state index is 0.0402. The predicted octanol–water partition coefficient (Wildman–Crippen LogP) is 3.18. The molecule has 2 amide bonds. The van der Waals surface area contributed by atoms with Crippen LogP contribution in [0.4, 0.5) is 10.5 Å². The highest BCUT2D eigenvalue weighted by atomic mass is 32.2. The molecule has 2 aromatic rings. The Kier molecular flexibility index (Phi) is 4.07. The molecule has 1 saturated heterocycles. The number of carbonyl (C=O) groups excluding carboxylic acids is 1. The average molecular weight is 312 g/mol. The quantitative estimate of drug-likeness (QED) is 0.926. The number of anilines is 1. The van der Waals surface area contributed by atoms with Crippen molar-refractivity contribution in [3.8, 4) is 6.07 Å². The minimum Gasteiger partial charge on any atom is -0.352 e. The standard InChI is InChI=1S/C16H16N4OS/c1-19-8-2-3-14(19)15-20(9-10-22-15)16(21)18-13-6-4-12(11-17)5-7-13/h2-8,15H,9-10H2,1H3,(H,18,21)/t15-/m0/s1. The second-order valence-electron chi connectivity index (χ2n) is 5.08. The molecule has 1 fully saturated rings. The Labute approximate surface area is 133 Å². The van der Waals surface area contributed by atoms with E-state index in [1.54, 1.807) is 36.0 Å². The van der Waals surface area contributed by atoms with E-state index < -0.39 is 0 Å². The minimum atomic E-state index is -0.110. The third kappa shape index (κ3) is 2.81. The van der Waals surface area contributed by atoms with Crippen LogP contribution in [-0.4, -0.2) is 27.8 Å². The van der Waals surface area contributed by atoms with Gasteiger partial charge in [-0.25, -0.2) is 4.79 Å². The Morgan fingerprint density at radius 3 is 2.77 bits per heavy atom. The molecule has 5 nitrogen and oxygen atoms in total. The zero-order valence-corrected chi connectivity index (χ0v) is 13.0. The van der Waals surface area contributed by atoms with Crippen LogP contribution in [0.5, 0.6) is 0 Å². The van der Waals surface area contributed by atoms with E-state index in [4.69, 9.17) is 5.26 Å². The second-order valence-corrected chi connectivity index (χ2v) is 6.27. The van der Waals surface area contributed by atoms with Crippen LogP contribution in [0.25, 0.3) is 0 Å². The SMILES string of the molecule is Cn1cccc1[C@@H]1SCCN1C(=O)Nc1ccc(C#N)cc1. The summed E-state index contributed by atoms with van der Waals surface area (Å²) in [4.78, 5) is 14.4. The molecule has 2 heterocycles. The van der Waals surface area contributed by atoms with Crippen molar-refractivity contribution in [2.45, 2.75) is 5.37 Å². The number of aromatic nitrogens is 1. The maximum atomic E-state index is 12.5. The lowest BCUT2D eigenvalue weighted by Gasteiger charge is -2.24. The molecule has 0 unspecified atom stereocenters. The molecule has 6 heteroatoms. The van der Waals surface area contributed by atoms with E-state index in [-0.39, 0.29) is 11.4 Å². The Bertz CT molecular complexity index is 716. The average Bonchev–Trinajstić information content (AvgIpc) is 3.16. The van der Waals surface area contributed by atoms with Crippen molar-refractivity contribution in [2.24, 2.45) is 7.05 Å². The number of nitriles is 1. The fourth-order valence-electron chi connectivity index (χ4n) is 2.48. The summed E-state index contributed by atoms with van der Waals surface area (Å²) in [7, 11) is 1.99. The van der Waals surface area contributed by atoms with E-state index in [1.165, 1.54) is 0 Å². The molecule has 112 valence electrons. The monoisotopic (exact) mass is 312 g/mol.